The molecule has 0 radical (unpaired) electrons. The highest BCUT2D eigenvalue weighted by Gasteiger charge is 2.35. The molecule has 4 heteroatoms. The van der Waals surface area contributed by atoms with E-state index in [0.29, 0.717) is 33.5 Å². The summed E-state index contributed by atoms with van der Waals surface area (Å²) in [6, 6.07) is 5.89. The molecule has 0 fully saturated rings. The minimum atomic E-state index is -1.01. The number of anilines is 1. The van der Waals surface area contributed by atoms with E-state index in [4.69, 9.17) is 0 Å². The molecule has 1 aliphatic carbocycles. The highest BCUT2D eigenvalue weighted by Crippen LogP contribution is 2.49. The fourth-order valence-corrected chi connectivity index (χ4v) is 3.79. The molecule has 1 heterocycles. The Morgan fingerprint density at radius 3 is 2.57 bits per heavy atom. The van der Waals surface area contributed by atoms with Gasteiger partial charge in [-0.2, -0.15) is 0 Å². The van der Waals surface area contributed by atoms with Crippen LogP contribution in [0.5, 0.6) is 0 Å². The van der Waals surface area contributed by atoms with Gasteiger partial charge in [0.15, 0.2) is 0 Å². The predicted octanol–water partition coefficient (Wildman–Crippen LogP) is 4.63. The highest BCUT2D eigenvalue weighted by molar-refractivity contribution is 5.89. The van der Waals surface area contributed by atoms with Crippen LogP contribution in [0, 0.1) is 11.6 Å². The van der Waals surface area contributed by atoms with E-state index in [9.17, 15) is 9.50 Å². The van der Waals surface area contributed by atoms with E-state index in [0.717, 1.165) is 5.57 Å². The number of fused-ring (bicyclic) bond motifs is 4. The molecule has 1 aliphatic heterocycles. The maximum Gasteiger partial charge on any atom is 0.140 e. The van der Waals surface area contributed by atoms with Crippen molar-refractivity contribution in [2.45, 2.75) is 32.4 Å². The molecule has 1 atom stereocenters. The van der Waals surface area contributed by atoms with Gasteiger partial charge in [0.25, 0.3) is 0 Å². The molecule has 0 spiro atoms. The molecule has 1 unspecified atom stereocenters. The average Bonchev–Trinajstić information content (AvgIpc) is 2.70. The topological polar surface area (TPSA) is 32.3 Å². The number of aliphatic hydroxyl groups is 1. The lowest BCUT2D eigenvalue weighted by Gasteiger charge is -2.32. The van der Waals surface area contributed by atoms with E-state index in [-0.39, 0.29) is 11.4 Å². The summed E-state index contributed by atoms with van der Waals surface area (Å²) >= 11 is 0. The predicted molar refractivity (Wildman–Crippen MR) is 87.2 cm³/mol. The van der Waals surface area contributed by atoms with Crippen LogP contribution in [0.15, 0.2) is 30.3 Å². The maximum atomic E-state index is 15.2. The van der Waals surface area contributed by atoms with Gasteiger partial charge in [-0.3, -0.25) is 0 Å². The molecule has 0 aromatic heterocycles. The van der Waals surface area contributed by atoms with Crippen LogP contribution in [0.3, 0.4) is 0 Å². The fraction of sp³-hybridized carbons (Fsp3) is 0.263. The van der Waals surface area contributed by atoms with Crippen LogP contribution >= 0.6 is 0 Å². The quantitative estimate of drug-likeness (QED) is 0.743. The summed E-state index contributed by atoms with van der Waals surface area (Å²) in [6.07, 6.45) is 0.980. The summed E-state index contributed by atoms with van der Waals surface area (Å²) in [5, 5.41) is 13.8. The monoisotopic (exact) mass is 313 g/mol. The third kappa shape index (κ3) is 1.94. The Morgan fingerprint density at radius 1 is 1.09 bits per heavy atom. The first-order chi connectivity index (χ1) is 10.8. The van der Waals surface area contributed by atoms with E-state index < -0.39 is 11.9 Å². The second-order valence-corrected chi connectivity index (χ2v) is 6.89. The number of rotatable bonds is 0. The maximum absolute atomic E-state index is 15.2. The van der Waals surface area contributed by atoms with Gasteiger partial charge in [-0.05, 0) is 61.2 Å². The highest BCUT2D eigenvalue weighted by atomic mass is 19.1. The lowest BCUT2D eigenvalue weighted by Crippen LogP contribution is -2.32. The summed E-state index contributed by atoms with van der Waals surface area (Å²) in [7, 11) is 0. The molecule has 4 rings (SSSR count). The second kappa shape index (κ2) is 4.42. The summed E-state index contributed by atoms with van der Waals surface area (Å²) in [4.78, 5) is 0. The molecule has 23 heavy (non-hydrogen) atoms. The number of allylic oxidation sites excluding steroid dienone is 1. The normalized spacial score (nSPS) is 20.3. The number of hydrogen-bond acceptors (Lipinski definition) is 2. The molecule has 2 nitrogen and oxygen atoms in total. The van der Waals surface area contributed by atoms with E-state index in [1.165, 1.54) is 18.2 Å². The molecule has 0 bridgehead atoms. The van der Waals surface area contributed by atoms with Crippen molar-refractivity contribution >= 4 is 11.3 Å². The van der Waals surface area contributed by atoms with Crippen LogP contribution in [-0.4, -0.2) is 10.6 Å². The first-order valence-corrected chi connectivity index (χ1v) is 7.61. The zero-order chi connectivity index (χ0) is 16.5. The molecule has 2 N–H and O–H groups in total. The van der Waals surface area contributed by atoms with Crippen molar-refractivity contribution in [2.75, 3.05) is 5.32 Å². The molecule has 2 aliphatic rings. The molecule has 2 aromatic rings. The molecular weight excluding hydrogens is 296 g/mol. The van der Waals surface area contributed by atoms with Gasteiger partial charge in [-0.15, -0.1) is 0 Å². The van der Waals surface area contributed by atoms with Crippen LogP contribution in [0.4, 0.5) is 14.5 Å². The Bertz CT molecular complexity index is 883. The van der Waals surface area contributed by atoms with E-state index in [1.54, 1.807) is 6.07 Å². The van der Waals surface area contributed by atoms with Gasteiger partial charge in [0.2, 0.25) is 0 Å². The minimum absolute atomic E-state index is 0.291. The van der Waals surface area contributed by atoms with Crippen molar-refractivity contribution in [2.24, 2.45) is 0 Å². The summed E-state index contributed by atoms with van der Waals surface area (Å²) in [5.41, 5.74) is 3.59. The van der Waals surface area contributed by atoms with Crippen LogP contribution < -0.4 is 5.32 Å². The van der Waals surface area contributed by atoms with Crippen LogP contribution in [0.2, 0.25) is 0 Å². The Hall–Kier alpha value is -2.20. The number of benzene rings is 2. The van der Waals surface area contributed by atoms with Crippen LogP contribution in [-0.2, 0) is 0 Å². The van der Waals surface area contributed by atoms with Gasteiger partial charge >= 0.3 is 0 Å². The van der Waals surface area contributed by atoms with Gasteiger partial charge < -0.3 is 10.4 Å². The third-order valence-electron chi connectivity index (χ3n) is 4.60. The third-order valence-corrected chi connectivity index (χ3v) is 4.60. The summed E-state index contributed by atoms with van der Waals surface area (Å²) in [6.45, 7) is 5.89. The first-order valence-electron chi connectivity index (χ1n) is 7.61. The Balaban J connectivity index is 2.02. The average molecular weight is 313 g/mol. The SMILES string of the molecule is CC1=CC(C)(C)Nc2cc3c(c(F)c21)-c1ccc(F)cc1C3O. The molecular formula is C19H17F2NO. The van der Waals surface area contributed by atoms with Gasteiger partial charge in [0, 0.05) is 16.8 Å². The van der Waals surface area contributed by atoms with Gasteiger partial charge in [-0.1, -0.05) is 12.1 Å². The lowest BCUT2D eigenvalue weighted by molar-refractivity contribution is 0.224. The number of halogens is 2. The fourth-order valence-electron chi connectivity index (χ4n) is 3.79. The lowest BCUT2D eigenvalue weighted by atomic mass is 9.88. The van der Waals surface area contributed by atoms with E-state index in [2.05, 4.69) is 5.32 Å². The molecule has 0 saturated heterocycles. The van der Waals surface area contributed by atoms with Crippen molar-refractivity contribution in [3.8, 4) is 11.1 Å². The van der Waals surface area contributed by atoms with Gasteiger partial charge in [-0.25, -0.2) is 8.78 Å². The molecule has 0 amide bonds. The summed E-state index contributed by atoms with van der Waals surface area (Å²) < 4.78 is 28.7. The van der Waals surface area contributed by atoms with Crippen molar-refractivity contribution < 1.29 is 13.9 Å². The Labute approximate surface area is 133 Å². The minimum Gasteiger partial charge on any atom is -0.384 e. The Kier molecular flexibility index (Phi) is 2.77. The zero-order valence-electron chi connectivity index (χ0n) is 13.2. The van der Waals surface area contributed by atoms with Gasteiger partial charge in [0.05, 0.1) is 5.54 Å². The van der Waals surface area contributed by atoms with Crippen molar-refractivity contribution in [3.05, 3.63) is 58.7 Å². The van der Waals surface area contributed by atoms with Crippen molar-refractivity contribution in [1.82, 2.24) is 0 Å². The smallest absolute Gasteiger partial charge is 0.140 e. The molecule has 118 valence electrons. The van der Waals surface area contributed by atoms with E-state index >= 15 is 4.39 Å². The van der Waals surface area contributed by atoms with Crippen LogP contribution in [0.1, 0.15) is 43.6 Å². The van der Waals surface area contributed by atoms with Crippen molar-refractivity contribution in [3.63, 3.8) is 0 Å². The summed E-state index contributed by atoms with van der Waals surface area (Å²) in [5.74, 6) is -0.797. The standard InChI is InChI=1S/C19H17F2NO/c1-9-8-19(2,3)22-14-7-13-16(17(21)15(9)14)11-5-4-10(20)6-12(11)18(13)23/h4-8,18,22-23H,1-3H3. The van der Waals surface area contributed by atoms with Gasteiger partial charge in [0.1, 0.15) is 17.7 Å². The first kappa shape index (κ1) is 14.4. The number of aliphatic hydroxyl groups excluding tert-OH is 1. The molecule has 2 aromatic carbocycles. The van der Waals surface area contributed by atoms with Crippen molar-refractivity contribution in [1.29, 1.82) is 0 Å². The van der Waals surface area contributed by atoms with Crippen LogP contribution in [0.25, 0.3) is 16.7 Å². The second-order valence-electron chi connectivity index (χ2n) is 6.89. The number of nitrogens with one attached hydrogen (secondary N) is 1. The Morgan fingerprint density at radius 2 is 1.83 bits per heavy atom. The number of hydrogen-bond donors (Lipinski definition) is 2. The zero-order valence-corrected chi connectivity index (χ0v) is 13.2. The largest absolute Gasteiger partial charge is 0.384 e. The van der Waals surface area contributed by atoms with E-state index in [1.807, 2.05) is 26.8 Å². The molecule has 0 saturated carbocycles.